The first-order valence-corrected chi connectivity index (χ1v) is 7.81. The summed E-state index contributed by atoms with van der Waals surface area (Å²) in [7, 11) is 3.30. The molecule has 1 aromatic rings. The molecule has 0 aliphatic heterocycles. The van der Waals surface area contributed by atoms with Crippen LogP contribution in [0.15, 0.2) is 18.2 Å². The molecule has 1 aromatic carbocycles. The Hall–Kier alpha value is -1.26. The molecule has 4 nitrogen and oxygen atoms in total. The van der Waals surface area contributed by atoms with Crippen LogP contribution >= 0.6 is 0 Å². The Morgan fingerprint density at radius 1 is 1.10 bits per heavy atom. The normalized spacial score (nSPS) is 22.0. The third-order valence-corrected chi connectivity index (χ3v) is 4.48. The second-order valence-corrected chi connectivity index (χ2v) is 5.81. The lowest BCUT2D eigenvalue weighted by Gasteiger charge is -2.30. The van der Waals surface area contributed by atoms with Gasteiger partial charge in [0.15, 0.2) is 11.5 Å². The zero-order chi connectivity index (χ0) is 15.1. The van der Waals surface area contributed by atoms with Crippen LogP contribution in [0.1, 0.15) is 31.2 Å². The maximum Gasteiger partial charge on any atom is 0.161 e. The zero-order valence-electron chi connectivity index (χ0n) is 13.1. The lowest BCUT2D eigenvalue weighted by molar-refractivity contribution is 0.133. The summed E-state index contributed by atoms with van der Waals surface area (Å²) in [5, 5.41) is 13.0. The molecule has 21 heavy (non-hydrogen) atoms. The van der Waals surface area contributed by atoms with E-state index in [1.54, 1.807) is 14.2 Å². The van der Waals surface area contributed by atoms with Gasteiger partial charge in [0.1, 0.15) is 0 Å². The molecule has 0 spiro atoms. The van der Waals surface area contributed by atoms with Gasteiger partial charge in [0.05, 0.1) is 14.2 Å². The van der Waals surface area contributed by atoms with Crippen molar-refractivity contribution in [1.82, 2.24) is 5.32 Å². The van der Waals surface area contributed by atoms with Crippen LogP contribution in [0.25, 0.3) is 0 Å². The molecule has 0 saturated heterocycles. The highest BCUT2D eigenvalue weighted by Gasteiger charge is 2.23. The summed E-state index contributed by atoms with van der Waals surface area (Å²) in [4.78, 5) is 0. The van der Waals surface area contributed by atoms with Crippen LogP contribution in [0.2, 0.25) is 0 Å². The van der Waals surface area contributed by atoms with Gasteiger partial charge in [-0.25, -0.2) is 0 Å². The Bertz CT molecular complexity index is 436. The number of aliphatic hydroxyl groups is 1. The number of ether oxygens (including phenoxy) is 2. The Labute approximate surface area is 127 Å². The van der Waals surface area contributed by atoms with Gasteiger partial charge in [-0.15, -0.1) is 0 Å². The first-order valence-electron chi connectivity index (χ1n) is 7.81. The van der Waals surface area contributed by atoms with E-state index in [9.17, 15) is 5.11 Å². The number of hydrogen-bond donors (Lipinski definition) is 2. The molecule has 0 bridgehead atoms. The Morgan fingerprint density at radius 3 is 2.48 bits per heavy atom. The molecule has 2 rings (SSSR count). The van der Waals surface area contributed by atoms with Gasteiger partial charge in [0, 0.05) is 13.2 Å². The van der Waals surface area contributed by atoms with Crippen molar-refractivity contribution in [2.24, 2.45) is 11.8 Å². The Morgan fingerprint density at radius 2 is 1.81 bits per heavy atom. The van der Waals surface area contributed by atoms with E-state index in [1.165, 1.54) is 31.2 Å². The zero-order valence-corrected chi connectivity index (χ0v) is 13.1. The molecule has 1 aliphatic rings. The van der Waals surface area contributed by atoms with Crippen molar-refractivity contribution in [1.29, 1.82) is 0 Å². The summed E-state index contributed by atoms with van der Waals surface area (Å²) in [5.41, 5.74) is 1.18. The molecule has 0 amide bonds. The fourth-order valence-corrected chi connectivity index (χ4v) is 3.19. The van der Waals surface area contributed by atoms with E-state index in [0.717, 1.165) is 24.6 Å². The molecule has 0 heterocycles. The molecule has 2 N–H and O–H groups in total. The third-order valence-electron chi connectivity index (χ3n) is 4.48. The van der Waals surface area contributed by atoms with Gasteiger partial charge >= 0.3 is 0 Å². The number of benzene rings is 1. The Balaban J connectivity index is 1.85. The van der Waals surface area contributed by atoms with Crippen molar-refractivity contribution in [2.45, 2.75) is 32.2 Å². The van der Waals surface area contributed by atoms with Crippen LogP contribution in [0.3, 0.4) is 0 Å². The van der Waals surface area contributed by atoms with Gasteiger partial charge in [0.2, 0.25) is 0 Å². The Kier molecular flexibility index (Phi) is 6.33. The summed E-state index contributed by atoms with van der Waals surface area (Å²) < 4.78 is 10.6. The summed E-state index contributed by atoms with van der Waals surface area (Å²) in [6.45, 7) is 2.11. The average molecular weight is 293 g/mol. The fraction of sp³-hybridized carbons (Fsp3) is 0.647. The molecule has 1 aliphatic carbocycles. The average Bonchev–Trinajstić information content (AvgIpc) is 2.55. The second-order valence-electron chi connectivity index (χ2n) is 5.81. The summed E-state index contributed by atoms with van der Waals surface area (Å²) in [6, 6.07) is 6.00. The van der Waals surface area contributed by atoms with Crippen LogP contribution in [0, 0.1) is 11.8 Å². The van der Waals surface area contributed by atoms with Crippen molar-refractivity contribution < 1.29 is 14.6 Å². The van der Waals surface area contributed by atoms with Gasteiger partial charge in [-0.3, -0.25) is 0 Å². The predicted octanol–water partition coefficient (Wildman–Crippen LogP) is 2.59. The fourth-order valence-electron chi connectivity index (χ4n) is 3.19. The van der Waals surface area contributed by atoms with E-state index in [1.807, 2.05) is 12.1 Å². The largest absolute Gasteiger partial charge is 0.493 e. The van der Waals surface area contributed by atoms with Crippen LogP contribution in [0.5, 0.6) is 11.5 Å². The molecule has 2 atom stereocenters. The third kappa shape index (κ3) is 4.35. The first-order chi connectivity index (χ1) is 10.3. The van der Waals surface area contributed by atoms with Crippen LogP contribution in [0.4, 0.5) is 0 Å². The van der Waals surface area contributed by atoms with E-state index in [2.05, 4.69) is 11.4 Å². The maximum atomic E-state index is 9.45. The molecule has 1 saturated carbocycles. The van der Waals surface area contributed by atoms with Crippen molar-refractivity contribution in [2.75, 3.05) is 27.4 Å². The highest BCUT2D eigenvalue weighted by Crippen LogP contribution is 2.30. The highest BCUT2D eigenvalue weighted by atomic mass is 16.5. The van der Waals surface area contributed by atoms with Crippen molar-refractivity contribution in [3.05, 3.63) is 23.8 Å². The highest BCUT2D eigenvalue weighted by molar-refractivity contribution is 5.42. The number of hydrogen-bond acceptors (Lipinski definition) is 4. The molecular weight excluding hydrogens is 266 g/mol. The molecule has 0 aromatic heterocycles. The second kappa shape index (κ2) is 8.25. The minimum atomic E-state index is 0.322. The summed E-state index contributed by atoms with van der Waals surface area (Å²) >= 11 is 0. The number of aliphatic hydroxyl groups excluding tert-OH is 1. The number of nitrogens with one attached hydrogen (secondary N) is 1. The van der Waals surface area contributed by atoms with E-state index in [4.69, 9.17) is 9.47 Å². The molecule has 1 fully saturated rings. The van der Waals surface area contributed by atoms with Crippen molar-refractivity contribution in [3.63, 3.8) is 0 Å². The standard InChI is InChI=1S/C17H27NO3/c1-20-16-8-7-13(9-17(16)21-2)10-18-11-14-5-3-4-6-15(14)12-19/h7-9,14-15,18-19H,3-6,10-12H2,1-2H3. The molecule has 4 heteroatoms. The van der Waals surface area contributed by atoms with Gasteiger partial charge in [-0.2, -0.15) is 0 Å². The van der Waals surface area contributed by atoms with Gasteiger partial charge < -0.3 is 19.9 Å². The maximum absolute atomic E-state index is 9.45. The van der Waals surface area contributed by atoms with E-state index < -0.39 is 0 Å². The SMILES string of the molecule is COc1ccc(CNCC2CCCCC2CO)cc1OC. The smallest absolute Gasteiger partial charge is 0.161 e. The van der Waals surface area contributed by atoms with Gasteiger partial charge in [-0.05, 0) is 48.9 Å². The topological polar surface area (TPSA) is 50.7 Å². The van der Waals surface area contributed by atoms with Gasteiger partial charge in [-0.1, -0.05) is 18.9 Å². The number of methoxy groups -OCH3 is 2. The van der Waals surface area contributed by atoms with E-state index >= 15 is 0 Å². The minimum Gasteiger partial charge on any atom is -0.493 e. The van der Waals surface area contributed by atoms with Crippen LogP contribution in [-0.2, 0) is 6.54 Å². The van der Waals surface area contributed by atoms with E-state index in [-0.39, 0.29) is 0 Å². The van der Waals surface area contributed by atoms with Gasteiger partial charge in [0.25, 0.3) is 0 Å². The lowest BCUT2D eigenvalue weighted by Crippen LogP contribution is -2.32. The van der Waals surface area contributed by atoms with Crippen molar-refractivity contribution in [3.8, 4) is 11.5 Å². The first kappa shape index (κ1) is 16.1. The minimum absolute atomic E-state index is 0.322. The monoisotopic (exact) mass is 293 g/mol. The van der Waals surface area contributed by atoms with Crippen LogP contribution in [-0.4, -0.2) is 32.5 Å². The number of rotatable bonds is 7. The van der Waals surface area contributed by atoms with Crippen LogP contribution < -0.4 is 14.8 Å². The summed E-state index contributed by atoms with van der Waals surface area (Å²) in [5.74, 6) is 2.59. The molecule has 118 valence electrons. The molecule has 0 radical (unpaired) electrons. The lowest BCUT2D eigenvalue weighted by atomic mass is 9.79. The van der Waals surface area contributed by atoms with E-state index in [0.29, 0.717) is 18.4 Å². The molecular formula is C17H27NO3. The molecule has 2 unspecified atom stereocenters. The van der Waals surface area contributed by atoms with Crippen molar-refractivity contribution >= 4 is 0 Å². The quantitative estimate of drug-likeness (QED) is 0.811. The summed E-state index contributed by atoms with van der Waals surface area (Å²) in [6.07, 6.45) is 4.94. The predicted molar refractivity (Wildman–Crippen MR) is 83.8 cm³/mol.